The van der Waals surface area contributed by atoms with Gasteiger partial charge in [0.05, 0.1) is 18.3 Å². The Bertz CT molecular complexity index is 4550. The van der Waals surface area contributed by atoms with Crippen LogP contribution in [0.1, 0.15) is 327 Å². The second-order valence-corrected chi connectivity index (χ2v) is 48.2. The lowest BCUT2D eigenvalue weighted by Gasteiger charge is -2.60. The van der Waals surface area contributed by atoms with Crippen molar-refractivity contribution in [1.29, 1.82) is 0 Å². The number of hydrogen-bond donors (Lipinski definition) is 3. The molecule has 140 heavy (non-hydrogen) atoms. The SMILES string of the molecule is C=CCC.C=CC[C@H]1O[C@@H]2O[C@]3(C)CC[C@H]4[C@H](C)CC[C@@H]([C@H]1C)[C@@]24OO3.CC(=O)OC1O[C@@H]2O[C@]3(C)CC[C@H]4[C@H](C)CC[C@@H]([C@H]1C)[C@@]24OO3.CC(C)(N)CNC(=O)CC1CCC2(CC1)OOC1(O2)C2CC3CC(C2)CC1C3.C[C@H]1[C@@H](CCC(=O)Cc2ccc(F)cc2)O[C@@H]2O[C@]3(C)CC[C@H]4[C@H](C)CC[C@@H]1[C@@]24OO3.C[C@H]1[C@@H](CCC(=O)O)O[C@@H]2O[C@]3(C)CC[C@H]4[C@H](C)CC[C@@H]1[C@@]24OO3.Cc1ccc(F)cc1. The lowest BCUT2D eigenvalue weighted by molar-refractivity contribution is -0.576. The molecule has 29 heteroatoms. The first-order valence-electron chi connectivity index (χ1n) is 54.0. The van der Waals surface area contributed by atoms with E-state index in [0.29, 0.717) is 116 Å². The molecule has 12 bridgehead atoms. The Morgan fingerprint density at radius 3 is 1.26 bits per heavy atom. The summed E-state index contributed by atoms with van der Waals surface area (Å²) in [5, 5.41) is 12.0. The third-order valence-electron chi connectivity index (χ3n) is 37.7. The summed E-state index contributed by atoms with van der Waals surface area (Å²) in [7, 11) is 0. The summed E-state index contributed by atoms with van der Waals surface area (Å²) in [6.45, 7) is 42.8. The fourth-order valence-electron chi connectivity index (χ4n) is 30.0. The van der Waals surface area contributed by atoms with Gasteiger partial charge in [0.1, 0.15) is 17.4 Å². The Kier molecular flexibility index (Phi) is 32.1. The molecule has 1 unspecified atom stereocenters. The summed E-state index contributed by atoms with van der Waals surface area (Å²) < 4.78 is 87.8. The molecule has 2 aromatic carbocycles. The van der Waals surface area contributed by atoms with E-state index in [1.165, 1.54) is 82.6 Å². The standard InChI is InChI=1S/C25H33FO5.C22H36N2O4.C18H28O6.C18H28O4.C17H26O6.C7H7F.C4H8/c1-15-4-10-21-16(2)22(11-9-19(27)14-17-5-7-18(26)8-6-17)28-23-25(21)20(15)12-13-24(3,29-23)30-31-25;1-20(2,23)13-24-19(25)12-14-3-5-21(6-4-14)26-22(28-27-21)17-8-15-7-16(10-17)11-18(22)9-15;1-10-4-5-13-11(2)14(6-7-15(19)20)21-16-18(13)12(10)8-9-17(3,22-16)23-24-18;1-5-6-15-12(3)14-8-7-11(2)13-9-10-17(4)20-16(19-15)18(13,14)22-21-17;1-9-5-6-13-10(2)14(19-11(3)18)20-15-17(13)12(9)7-8-16(4,21-15)22-23-17;1-6-2-4-7(8)5-3-6;1-3-4-2/h5-8,15-16,20-23H,4,9-14H2,1-3H3;14-18H,3-13,23H2,1-2H3,(H,24,25);10-14,16H,4-9H2,1-3H3,(H,19,20);5,11-16H,1,6-10H2,2-4H3;9-10,12-15H,5-8H2,1-4H3;2-5H,1H3;3H,1,4H2,2H3/t15-,16-,20+,21+,22-,23-,24+,25-;;10-,11-,12+,13+,14-,16-,17+,18-;11-,12-,13+,14+,15-,16-,17+,18-;9-,10-,12+,13+,14?,15-,16+,17-;;/m1.111../s1. The van der Waals surface area contributed by atoms with Crippen molar-refractivity contribution < 1.29 is 129 Å². The van der Waals surface area contributed by atoms with E-state index >= 15 is 0 Å². The van der Waals surface area contributed by atoms with Crippen LogP contribution in [0.15, 0.2) is 73.8 Å². The number of carbonyl (C=O) groups is 4. The Labute approximate surface area is 829 Å². The van der Waals surface area contributed by atoms with Crippen LogP contribution in [0.25, 0.3) is 0 Å². The zero-order valence-corrected chi connectivity index (χ0v) is 86.6. The Hall–Kier alpha value is -4.94. The number of aryl methyl sites for hydroxylation is 1. The molecule has 0 aromatic heterocycles. The molecule has 0 radical (unpaired) electrons. The highest BCUT2D eigenvalue weighted by molar-refractivity contribution is 5.81. The Morgan fingerprint density at radius 1 is 0.486 bits per heavy atom. The molecule has 28 rings (SSSR count). The summed E-state index contributed by atoms with van der Waals surface area (Å²) >= 11 is 0. The zero-order chi connectivity index (χ0) is 99.8. The molecule has 27 nitrogen and oxygen atoms in total. The summed E-state index contributed by atoms with van der Waals surface area (Å²) in [6.07, 6.45) is 32.3. The highest BCUT2D eigenvalue weighted by Gasteiger charge is 2.75. The molecule has 26 fully saturated rings. The van der Waals surface area contributed by atoms with Gasteiger partial charge in [-0.15, -0.1) is 13.2 Å². The minimum atomic E-state index is -0.793. The number of ether oxygens (including phenoxy) is 10. The number of Topliss-reactive ketones (excluding diaryl/α,β-unsaturated/α-hetero) is 1. The van der Waals surface area contributed by atoms with E-state index in [2.05, 4.69) is 80.8 Å². The van der Waals surface area contributed by atoms with Gasteiger partial charge in [-0.1, -0.05) is 104 Å². The van der Waals surface area contributed by atoms with Gasteiger partial charge in [-0.2, -0.15) is 9.78 Å². The smallest absolute Gasteiger partial charge is 0.304 e. The number of rotatable bonds is 16. The molecule has 9 saturated carbocycles. The van der Waals surface area contributed by atoms with Crippen molar-refractivity contribution in [1.82, 2.24) is 5.32 Å². The van der Waals surface area contributed by atoms with E-state index < -0.39 is 88.3 Å². The molecule has 4 N–H and O–H groups in total. The van der Waals surface area contributed by atoms with Crippen LogP contribution in [0.3, 0.4) is 0 Å². The molecular weight excluding hydrogens is 1800 g/mol. The predicted octanol–water partition coefficient (Wildman–Crippen LogP) is 21.6. The van der Waals surface area contributed by atoms with Crippen LogP contribution in [-0.4, -0.2) is 148 Å². The highest BCUT2D eigenvalue weighted by Crippen LogP contribution is 2.69. The number of carbonyl (C=O) groups excluding carboxylic acids is 3. The second kappa shape index (κ2) is 42.2. The fourth-order valence-corrected chi connectivity index (χ4v) is 30.0. The zero-order valence-electron chi connectivity index (χ0n) is 86.6. The average molecular weight is 1970 g/mol. The van der Waals surface area contributed by atoms with E-state index in [0.717, 1.165) is 145 Å². The van der Waals surface area contributed by atoms with Gasteiger partial charge < -0.3 is 63.5 Å². The summed E-state index contributed by atoms with van der Waals surface area (Å²) in [5.41, 5.74) is 5.39. The molecule has 32 atom stereocenters. The van der Waals surface area contributed by atoms with Crippen molar-refractivity contribution in [2.75, 3.05) is 6.54 Å². The number of hydrogen-bond acceptors (Lipinski definition) is 25. The molecule has 26 aliphatic rings. The largest absolute Gasteiger partial charge is 0.481 e. The predicted molar refractivity (Wildman–Crippen MR) is 510 cm³/mol. The van der Waals surface area contributed by atoms with Crippen molar-refractivity contribution in [3.63, 3.8) is 0 Å². The lowest BCUT2D eigenvalue weighted by atomic mass is 9.53. The Balaban J connectivity index is 0.000000118. The molecule has 17 saturated heterocycles. The van der Waals surface area contributed by atoms with E-state index in [4.69, 9.17) is 107 Å². The topological polar surface area (TPSA) is 311 Å². The number of benzene rings is 2. The van der Waals surface area contributed by atoms with Gasteiger partial charge in [-0.05, 0) is 309 Å². The number of halogens is 2. The molecule has 6 spiro atoms. The van der Waals surface area contributed by atoms with Crippen molar-refractivity contribution in [2.45, 2.75) is 442 Å². The van der Waals surface area contributed by atoms with Gasteiger partial charge in [-0.25, -0.2) is 47.9 Å². The number of aliphatic carboxylic acids is 1. The number of carboxylic acid groups (broad SMARTS) is 1. The molecule has 784 valence electrons. The van der Waals surface area contributed by atoms with Gasteiger partial charge in [0.15, 0.2) is 47.6 Å². The van der Waals surface area contributed by atoms with Crippen LogP contribution in [0.4, 0.5) is 8.78 Å². The first-order valence-corrected chi connectivity index (χ1v) is 54.0. The Morgan fingerprint density at radius 2 is 0.871 bits per heavy atom. The minimum absolute atomic E-state index is 0.0415. The second-order valence-electron chi connectivity index (χ2n) is 48.2. The highest BCUT2D eigenvalue weighted by atomic mass is 19.1. The third-order valence-corrected chi connectivity index (χ3v) is 37.7. The normalized spacial score (nSPS) is 47.0. The quantitative estimate of drug-likeness (QED) is 0.0799. The average Bonchev–Trinajstić information content (AvgIpc) is 1.45. The van der Waals surface area contributed by atoms with Crippen molar-refractivity contribution >= 4 is 23.6 Å². The number of nitrogens with one attached hydrogen (secondary N) is 1. The van der Waals surface area contributed by atoms with Crippen molar-refractivity contribution in [3.8, 4) is 0 Å². The van der Waals surface area contributed by atoms with Gasteiger partial charge in [-0.3, -0.25) is 19.2 Å². The lowest BCUT2D eigenvalue weighted by Crippen LogP contribution is -2.70. The van der Waals surface area contributed by atoms with Crippen LogP contribution in [0, 0.1) is 143 Å². The van der Waals surface area contributed by atoms with Crippen LogP contribution in [-0.2, 0) is 122 Å². The third kappa shape index (κ3) is 21.0. The minimum Gasteiger partial charge on any atom is -0.481 e. The van der Waals surface area contributed by atoms with Crippen molar-refractivity contribution in [3.05, 3.63) is 96.6 Å². The van der Waals surface area contributed by atoms with Gasteiger partial charge >= 0.3 is 11.9 Å². The van der Waals surface area contributed by atoms with Crippen molar-refractivity contribution in [2.24, 2.45) is 130 Å². The maximum Gasteiger partial charge on any atom is 0.304 e. The molecule has 17 aliphatic heterocycles. The van der Waals surface area contributed by atoms with Gasteiger partial charge in [0.25, 0.3) is 0 Å². The summed E-state index contributed by atoms with van der Waals surface area (Å²) in [4.78, 5) is 107. The summed E-state index contributed by atoms with van der Waals surface area (Å²) in [5.74, 6) is 3.61. The first-order chi connectivity index (χ1) is 66.5. The molecular formula is C111H166F2N2O25. The number of amides is 1. The van der Waals surface area contributed by atoms with Crippen LogP contribution in [0.2, 0.25) is 0 Å². The number of nitrogens with two attached hydrogens (primary N) is 1. The number of allylic oxidation sites excluding steroid dienone is 1. The van der Waals surface area contributed by atoms with Crippen LogP contribution in [0.5, 0.6) is 0 Å². The number of carboxylic acids is 1. The molecule has 1 amide bonds. The number of fused-ring (bicyclic) bond motifs is 8. The fraction of sp³-hybridized carbons (Fsp3) is 0.820. The number of esters is 1. The van der Waals surface area contributed by atoms with Gasteiger partial charge in [0, 0.05) is 125 Å². The maximum absolute atomic E-state index is 13.1. The number of ketones is 1. The molecule has 9 aliphatic carbocycles. The van der Waals surface area contributed by atoms with E-state index in [-0.39, 0.29) is 101 Å². The first kappa shape index (κ1) is 106. The summed E-state index contributed by atoms with van der Waals surface area (Å²) in [6, 6.07) is 12.5. The molecule has 17 heterocycles. The maximum atomic E-state index is 13.1. The van der Waals surface area contributed by atoms with Crippen LogP contribution < -0.4 is 11.1 Å². The van der Waals surface area contributed by atoms with E-state index in [1.54, 1.807) is 24.3 Å². The van der Waals surface area contributed by atoms with Gasteiger partial charge in [0.2, 0.25) is 46.9 Å². The van der Waals surface area contributed by atoms with Crippen LogP contribution >= 0.6 is 0 Å². The van der Waals surface area contributed by atoms with E-state index in [9.17, 15) is 28.0 Å². The molecule has 2 aromatic rings. The monoisotopic (exact) mass is 1970 g/mol. The van der Waals surface area contributed by atoms with E-state index in [1.807, 2.05) is 60.6 Å².